The number of likely N-dealkylation sites (tertiary alicyclic amines) is 1. The first-order valence-corrected chi connectivity index (χ1v) is 8.21. The number of fused-ring (bicyclic) bond motifs is 1. The maximum absolute atomic E-state index is 11.3. The normalized spacial score (nSPS) is 18.0. The molecule has 1 aliphatic heterocycles. The molecule has 0 aliphatic carbocycles. The van der Waals surface area contributed by atoms with E-state index in [1.807, 2.05) is 12.1 Å². The van der Waals surface area contributed by atoms with Crippen molar-refractivity contribution >= 4 is 29.1 Å². The number of hydrogen-bond acceptors (Lipinski definition) is 3. The lowest BCUT2D eigenvalue weighted by molar-refractivity contribution is -0.149. The van der Waals surface area contributed by atoms with E-state index in [9.17, 15) is 4.79 Å². The highest BCUT2D eigenvalue weighted by Gasteiger charge is 2.20. The summed E-state index contributed by atoms with van der Waals surface area (Å²) >= 11 is 0. The zero-order valence-corrected chi connectivity index (χ0v) is 15.3. The summed E-state index contributed by atoms with van der Waals surface area (Å²) in [6, 6.07) is 13.1. The smallest absolute Gasteiger partial charge is 0.251 e. The van der Waals surface area contributed by atoms with E-state index in [4.69, 9.17) is 4.84 Å². The van der Waals surface area contributed by atoms with Gasteiger partial charge in [-0.25, -0.2) is 0 Å². The first-order valence-electron chi connectivity index (χ1n) is 8.21. The van der Waals surface area contributed by atoms with Crippen molar-refractivity contribution in [1.82, 2.24) is 9.96 Å². The first-order chi connectivity index (χ1) is 11.0. The number of carbonyl (C=O) groups excluding carboxylic acids is 1. The highest BCUT2D eigenvalue weighted by Crippen LogP contribution is 2.32. The molecule has 130 valence electrons. The Hall–Kier alpha value is -1.78. The third kappa shape index (κ3) is 4.00. The number of hydrogen-bond donors (Lipinski definition) is 0. The Labute approximate surface area is 149 Å². The monoisotopic (exact) mass is 348 g/mol. The van der Waals surface area contributed by atoms with E-state index in [2.05, 4.69) is 36.2 Å². The van der Waals surface area contributed by atoms with Crippen LogP contribution in [0.25, 0.3) is 10.8 Å². The standard InChI is InChI=1S/C19H24N2O2.ClH/c1-14(22)21(3)23-18-10-9-15-12-17(8-7-16(15)13-18)19-6-4-5-11-20(19)2;/h7-10,12-13,19H,4-6,11H2,1-3H3;1H. The second-order valence-electron chi connectivity index (χ2n) is 6.37. The molecule has 4 nitrogen and oxygen atoms in total. The van der Waals surface area contributed by atoms with Crippen LogP contribution in [0.15, 0.2) is 36.4 Å². The van der Waals surface area contributed by atoms with Gasteiger partial charge >= 0.3 is 0 Å². The molecule has 1 aliphatic rings. The summed E-state index contributed by atoms with van der Waals surface area (Å²) in [6.45, 7) is 2.65. The molecule has 1 heterocycles. The van der Waals surface area contributed by atoms with Crippen LogP contribution in [-0.4, -0.2) is 36.5 Å². The van der Waals surface area contributed by atoms with E-state index in [1.165, 1.54) is 48.7 Å². The van der Waals surface area contributed by atoms with Crippen molar-refractivity contribution in [2.24, 2.45) is 0 Å². The number of halogens is 1. The Kier molecular flexibility index (Phi) is 6.08. The molecule has 2 aromatic carbocycles. The van der Waals surface area contributed by atoms with Gasteiger partial charge in [0.15, 0.2) is 5.75 Å². The van der Waals surface area contributed by atoms with Gasteiger partial charge in [-0.2, -0.15) is 5.06 Å². The first kappa shape index (κ1) is 18.6. The van der Waals surface area contributed by atoms with E-state index in [-0.39, 0.29) is 18.3 Å². The molecule has 0 saturated carbocycles. The van der Waals surface area contributed by atoms with E-state index >= 15 is 0 Å². The predicted octanol–water partition coefficient (Wildman–Crippen LogP) is 4.19. The molecule has 1 atom stereocenters. The molecule has 1 unspecified atom stereocenters. The molecular weight excluding hydrogens is 324 g/mol. The van der Waals surface area contributed by atoms with Crippen molar-refractivity contribution in [3.8, 4) is 5.75 Å². The van der Waals surface area contributed by atoms with Gasteiger partial charge in [-0.05, 0) is 61.0 Å². The molecule has 1 amide bonds. The Morgan fingerprint density at radius 2 is 1.88 bits per heavy atom. The van der Waals surface area contributed by atoms with Crippen LogP contribution in [0, 0.1) is 0 Å². The molecule has 0 spiro atoms. The Balaban J connectivity index is 0.00000208. The van der Waals surface area contributed by atoms with Crippen molar-refractivity contribution in [2.75, 3.05) is 20.6 Å². The van der Waals surface area contributed by atoms with Crippen molar-refractivity contribution in [3.05, 3.63) is 42.0 Å². The lowest BCUT2D eigenvalue weighted by Crippen LogP contribution is -2.29. The molecule has 0 radical (unpaired) electrons. The highest BCUT2D eigenvalue weighted by molar-refractivity contribution is 5.85. The lowest BCUT2D eigenvalue weighted by Gasteiger charge is -2.33. The van der Waals surface area contributed by atoms with Crippen LogP contribution in [0.5, 0.6) is 5.75 Å². The number of piperidine rings is 1. The van der Waals surface area contributed by atoms with Crippen molar-refractivity contribution in [1.29, 1.82) is 0 Å². The van der Waals surface area contributed by atoms with Gasteiger partial charge in [-0.15, -0.1) is 12.4 Å². The van der Waals surface area contributed by atoms with Crippen LogP contribution >= 0.6 is 12.4 Å². The summed E-state index contributed by atoms with van der Waals surface area (Å²) in [7, 11) is 3.83. The van der Waals surface area contributed by atoms with Gasteiger partial charge in [-0.1, -0.05) is 24.6 Å². The quantitative estimate of drug-likeness (QED) is 0.780. The minimum atomic E-state index is -0.124. The topological polar surface area (TPSA) is 32.8 Å². The molecule has 1 saturated heterocycles. The SMILES string of the molecule is CC(=O)N(C)Oc1ccc2cc(C3CCCCN3C)ccc2c1.Cl. The van der Waals surface area contributed by atoms with Crippen LogP contribution in [0.1, 0.15) is 37.8 Å². The van der Waals surface area contributed by atoms with Crippen molar-refractivity contribution in [3.63, 3.8) is 0 Å². The summed E-state index contributed by atoms with van der Waals surface area (Å²) in [6.07, 6.45) is 3.83. The van der Waals surface area contributed by atoms with Crippen molar-refractivity contribution < 1.29 is 9.63 Å². The predicted molar refractivity (Wildman–Crippen MR) is 99.5 cm³/mol. The second-order valence-corrected chi connectivity index (χ2v) is 6.37. The Morgan fingerprint density at radius 3 is 2.58 bits per heavy atom. The fourth-order valence-electron chi connectivity index (χ4n) is 3.23. The van der Waals surface area contributed by atoms with E-state index in [0.29, 0.717) is 11.8 Å². The maximum Gasteiger partial charge on any atom is 0.251 e. The number of hydroxylamine groups is 2. The molecule has 0 bridgehead atoms. The third-order valence-corrected chi connectivity index (χ3v) is 4.68. The van der Waals surface area contributed by atoms with E-state index in [1.54, 1.807) is 7.05 Å². The van der Waals surface area contributed by atoms with Crippen LogP contribution in [0.2, 0.25) is 0 Å². The molecule has 24 heavy (non-hydrogen) atoms. The zero-order valence-electron chi connectivity index (χ0n) is 14.5. The van der Waals surface area contributed by atoms with Crippen LogP contribution in [0.3, 0.4) is 0 Å². The highest BCUT2D eigenvalue weighted by atomic mass is 35.5. The third-order valence-electron chi connectivity index (χ3n) is 4.68. The van der Waals surface area contributed by atoms with E-state index < -0.39 is 0 Å². The summed E-state index contributed by atoms with van der Waals surface area (Å²) < 4.78 is 0. The molecule has 3 rings (SSSR count). The summed E-state index contributed by atoms with van der Waals surface area (Å²) in [5.74, 6) is 0.554. The van der Waals surface area contributed by atoms with Gasteiger partial charge in [0.2, 0.25) is 0 Å². The van der Waals surface area contributed by atoms with Gasteiger partial charge in [0, 0.05) is 20.0 Å². The van der Waals surface area contributed by atoms with Gasteiger partial charge in [-0.3, -0.25) is 9.69 Å². The summed E-state index contributed by atoms with van der Waals surface area (Å²) in [4.78, 5) is 19.2. The molecule has 0 N–H and O–H groups in total. The maximum atomic E-state index is 11.3. The largest absolute Gasteiger partial charge is 0.377 e. The summed E-state index contributed by atoms with van der Waals surface area (Å²) in [5.41, 5.74) is 1.38. The minimum Gasteiger partial charge on any atom is -0.377 e. The average Bonchev–Trinajstić information content (AvgIpc) is 2.54. The number of benzene rings is 2. The van der Waals surface area contributed by atoms with Crippen LogP contribution < -0.4 is 4.84 Å². The van der Waals surface area contributed by atoms with E-state index in [0.717, 1.165) is 5.39 Å². The van der Waals surface area contributed by atoms with Crippen LogP contribution in [0.4, 0.5) is 0 Å². The summed E-state index contributed by atoms with van der Waals surface area (Å²) in [5, 5.41) is 3.58. The van der Waals surface area contributed by atoms with Crippen LogP contribution in [-0.2, 0) is 4.79 Å². The average molecular weight is 349 g/mol. The van der Waals surface area contributed by atoms with Gasteiger partial charge in [0.25, 0.3) is 5.91 Å². The lowest BCUT2D eigenvalue weighted by atomic mass is 9.94. The molecule has 5 heteroatoms. The number of nitrogens with zero attached hydrogens (tertiary/aromatic N) is 2. The van der Waals surface area contributed by atoms with Gasteiger partial charge in [0.1, 0.15) is 0 Å². The Morgan fingerprint density at radius 1 is 1.17 bits per heavy atom. The zero-order chi connectivity index (χ0) is 16.4. The number of rotatable bonds is 3. The molecule has 0 aromatic heterocycles. The fraction of sp³-hybridized carbons (Fsp3) is 0.421. The van der Waals surface area contributed by atoms with Gasteiger partial charge in [0.05, 0.1) is 0 Å². The minimum absolute atomic E-state index is 0. The number of amides is 1. The fourth-order valence-corrected chi connectivity index (χ4v) is 3.23. The van der Waals surface area contributed by atoms with Gasteiger partial charge < -0.3 is 4.84 Å². The second kappa shape index (κ2) is 7.86. The molecule has 1 fully saturated rings. The number of carbonyl (C=O) groups is 1. The molecule has 2 aromatic rings. The Bertz CT molecular complexity index is 720. The molecular formula is C19H25ClN2O2. The van der Waals surface area contributed by atoms with Crippen molar-refractivity contribution in [2.45, 2.75) is 32.2 Å².